The molecule has 0 fully saturated rings. The Morgan fingerprint density at radius 2 is 1.87 bits per heavy atom. The minimum absolute atomic E-state index is 0.128. The molecule has 0 saturated heterocycles. The highest BCUT2D eigenvalue weighted by Crippen LogP contribution is 2.26. The van der Waals surface area contributed by atoms with Crippen LogP contribution in [0.1, 0.15) is 49.4 Å². The first kappa shape index (κ1) is 21.2. The van der Waals surface area contributed by atoms with Crippen molar-refractivity contribution in [2.24, 2.45) is 5.10 Å². The Bertz CT molecular complexity index is 1030. The van der Waals surface area contributed by atoms with Crippen molar-refractivity contribution in [1.82, 2.24) is 5.32 Å². The maximum atomic E-state index is 12.8. The van der Waals surface area contributed by atoms with E-state index in [9.17, 15) is 14.4 Å². The lowest BCUT2D eigenvalue weighted by atomic mass is 10.1. The summed E-state index contributed by atoms with van der Waals surface area (Å²) in [5.41, 5.74) is 4.48. The molecule has 0 aromatic heterocycles. The number of amides is 3. The first-order valence-electron chi connectivity index (χ1n) is 9.90. The van der Waals surface area contributed by atoms with Crippen LogP contribution in [0.5, 0.6) is 0 Å². The molecule has 2 aromatic carbocycles. The topological polar surface area (TPSA) is 90.9 Å². The van der Waals surface area contributed by atoms with Crippen LogP contribution in [0.3, 0.4) is 0 Å². The van der Waals surface area contributed by atoms with Crippen LogP contribution in [0.2, 0.25) is 0 Å². The molecule has 0 radical (unpaired) electrons. The number of carbonyl (C=O) groups is 3. The van der Waals surface area contributed by atoms with Gasteiger partial charge in [0.25, 0.3) is 5.91 Å². The molecule has 2 aromatic rings. The number of nitrogens with one attached hydrogen (secondary N) is 2. The van der Waals surface area contributed by atoms with Crippen LogP contribution >= 0.6 is 0 Å². The number of anilines is 2. The van der Waals surface area contributed by atoms with E-state index in [2.05, 4.69) is 15.7 Å². The highest BCUT2D eigenvalue weighted by atomic mass is 16.2. The Morgan fingerprint density at radius 1 is 1.10 bits per heavy atom. The molecule has 30 heavy (non-hydrogen) atoms. The van der Waals surface area contributed by atoms with Crippen molar-refractivity contribution >= 4 is 34.8 Å². The van der Waals surface area contributed by atoms with Gasteiger partial charge in [0.05, 0.1) is 11.7 Å². The zero-order chi connectivity index (χ0) is 21.8. The summed E-state index contributed by atoms with van der Waals surface area (Å²) in [5, 5.41) is 11.4. The summed E-state index contributed by atoms with van der Waals surface area (Å²) in [6.45, 7) is 7.17. The van der Waals surface area contributed by atoms with Crippen LogP contribution in [0, 0.1) is 13.8 Å². The summed E-state index contributed by atoms with van der Waals surface area (Å²) in [6.07, 6.45) is 0.525. The highest BCUT2D eigenvalue weighted by Gasteiger charge is 2.27. The van der Waals surface area contributed by atoms with Crippen molar-refractivity contribution in [3.05, 3.63) is 59.2 Å². The van der Waals surface area contributed by atoms with Gasteiger partial charge in [-0.1, -0.05) is 24.3 Å². The third-order valence-corrected chi connectivity index (χ3v) is 4.94. The monoisotopic (exact) mass is 406 g/mol. The van der Waals surface area contributed by atoms with Gasteiger partial charge in [-0.15, -0.1) is 0 Å². The molecular weight excluding hydrogens is 380 g/mol. The predicted molar refractivity (Wildman–Crippen MR) is 117 cm³/mol. The molecule has 1 unspecified atom stereocenters. The van der Waals surface area contributed by atoms with Gasteiger partial charge in [-0.3, -0.25) is 14.4 Å². The van der Waals surface area contributed by atoms with E-state index in [1.807, 2.05) is 57.2 Å². The Hall–Kier alpha value is -3.48. The van der Waals surface area contributed by atoms with Gasteiger partial charge in [-0.25, -0.2) is 5.01 Å². The van der Waals surface area contributed by atoms with Gasteiger partial charge in [0, 0.05) is 25.5 Å². The molecule has 3 amide bonds. The average Bonchev–Trinajstić information content (AvgIpc) is 2.70. The second kappa shape index (κ2) is 8.90. The summed E-state index contributed by atoms with van der Waals surface area (Å²) in [4.78, 5) is 36.5. The van der Waals surface area contributed by atoms with Gasteiger partial charge in [0.15, 0.2) is 0 Å². The summed E-state index contributed by atoms with van der Waals surface area (Å²) in [6, 6.07) is 12.8. The fraction of sp³-hybridized carbons (Fsp3) is 0.304. The third-order valence-electron chi connectivity index (χ3n) is 4.94. The van der Waals surface area contributed by atoms with Crippen LogP contribution in [0.25, 0.3) is 0 Å². The lowest BCUT2D eigenvalue weighted by Crippen LogP contribution is -2.40. The number of rotatable bonds is 5. The number of aryl methyl sites for hydroxylation is 2. The van der Waals surface area contributed by atoms with E-state index in [0.29, 0.717) is 23.5 Å². The van der Waals surface area contributed by atoms with Crippen LogP contribution in [0.4, 0.5) is 11.4 Å². The molecule has 1 heterocycles. The normalized spacial score (nSPS) is 14.7. The maximum absolute atomic E-state index is 12.8. The summed E-state index contributed by atoms with van der Waals surface area (Å²) < 4.78 is 0. The van der Waals surface area contributed by atoms with Crippen LogP contribution in [-0.4, -0.2) is 23.4 Å². The fourth-order valence-corrected chi connectivity index (χ4v) is 3.30. The summed E-state index contributed by atoms with van der Waals surface area (Å²) in [5.74, 6) is -0.594. The van der Waals surface area contributed by atoms with Crippen molar-refractivity contribution in [3.63, 3.8) is 0 Å². The first-order chi connectivity index (χ1) is 14.2. The number of benzene rings is 2. The number of hydrogen-bond donors (Lipinski definition) is 2. The van der Waals surface area contributed by atoms with Gasteiger partial charge in [-0.2, -0.15) is 5.10 Å². The molecule has 0 saturated carbocycles. The number of hydrogen-bond acceptors (Lipinski definition) is 4. The fourth-order valence-electron chi connectivity index (χ4n) is 3.30. The molecule has 0 bridgehead atoms. The molecule has 1 aliphatic rings. The number of carbonyl (C=O) groups excluding carboxylic acids is 3. The molecule has 3 rings (SSSR count). The van der Waals surface area contributed by atoms with Gasteiger partial charge in [0.1, 0.15) is 5.71 Å². The van der Waals surface area contributed by atoms with E-state index in [0.717, 1.165) is 16.7 Å². The molecule has 7 heteroatoms. The minimum atomic E-state index is -0.310. The molecular formula is C23H26N4O3. The van der Waals surface area contributed by atoms with Crippen molar-refractivity contribution in [2.45, 2.75) is 46.6 Å². The van der Waals surface area contributed by atoms with Crippen LogP contribution in [-0.2, 0) is 14.4 Å². The van der Waals surface area contributed by atoms with E-state index < -0.39 is 0 Å². The van der Waals surface area contributed by atoms with Crippen molar-refractivity contribution < 1.29 is 14.4 Å². The molecule has 1 atom stereocenters. The minimum Gasteiger partial charge on any atom is -0.344 e. The first-order valence-corrected chi connectivity index (χ1v) is 9.90. The second-order valence-electron chi connectivity index (χ2n) is 7.54. The Labute approximate surface area is 176 Å². The van der Waals surface area contributed by atoms with Crippen molar-refractivity contribution in [3.8, 4) is 0 Å². The molecule has 2 N–H and O–H groups in total. The quantitative estimate of drug-likeness (QED) is 0.794. The predicted octanol–water partition coefficient (Wildman–Crippen LogP) is 3.62. The maximum Gasteiger partial charge on any atom is 0.267 e. The largest absolute Gasteiger partial charge is 0.344 e. The van der Waals surface area contributed by atoms with E-state index in [4.69, 9.17) is 0 Å². The smallest absolute Gasteiger partial charge is 0.267 e. The number of nitrogens with zero attached hydrogens (tertiary/aromatic N) is 2. The lowest BCUT2D eigenvalue weighted by molar-refractivity contribution is -0.119. The Morgan fingerprint density at radius 3 is 2.60 bits per heavy atom. The van der Waals surface area contributed by atoms with E-state index in [1.54, 1.807) is 6.07 Å². The van der Waals surface area contributed by atoms with Crippen molar-refractivity contribution in [1.29, 1.82) is 0 Å². The Balaban J connectivity index is 1.78. The van der Waals surface area contributed by atoms with Gasteiger partial charge in [-0.05, 0) is 55.7 Å². The molecule has 0 aliphatic carbocycles. The summed E-state index contributed by atoms with van der Waals surface area (Å²) in [7, 11) is 0. The lowest BCUT2D eigenvalue weighted by Gasteiger charge is -2.25. The molecule has 0 spiro atoms. The SMILES string of the molecule is CC(=O)Nc1cccc(C(C)NC(=O)C2=NN(c3cc(C)ccc3C)C(=O)CC2)c1. The third kappa shape index (κ3) is 4.92. The zero-order valence-electron chi connectivity index (χ0n) is 17.7. The van der Waals surface area contributed by atoms with Gasteiger partial charge in [0.2, 0.25) is 11.8 Å². The van der Waals surface area contributed by atoms with E-state index >= 15 is 0 Å². The van der Waals surface area contributed by atoms with Crippen molar-refractivity contribution in [2.75, 3.05) is 10.3 Å². The van der Waals surface area contributed by atoms with E-state index in [-0.39, 0.29) is 30.2 Å². The summed E-state index contributed by atoms with van der Waals surface area (Å²) >= 11 is 0. The zero-order valence-corrected chi connectivity index (χ0v) is 17.7. The van der Waals surface area contributed by atoms with Crippen LogP contribution in [0.15, 0.2) is 47.6 Å². The van der Waals surface area contributed by atoms with Gasteiger partial charge < -0.3 is 10.6 Å². The van der Waals surface area contributed by atoms with Crippen LogP contribution < -0.4 is 15.6 Å². The molecule has 7 nitrogen and oxygen atoms in total. The van der Waals surface area contributed by atoms with Gasteiger partial charge >= 0.3 is 0 Å². The second-order valence-corrected chi connectivity index (χ2v) is 7.54. The highest BCUT2D eigenvalue weighted by molar-refractivity contribution is 6.40. The van der Waals surface area contributed by atoms with E-state index in [1.165, 1.54) is 11.9 Å². The molecule has 156 valence electrons. The molecule has 1 aliphatic heterocycles. The standard InChI is InChI=1S/C23H26N4O3/c1-14-8-9-15(2)21(12-14)27-22(29)11-10-20(26-27)23(30)24-16(3)18-6-5-7-19(13-18)25-17(4)28/h5-9,12-13,16H,10-11H2,1-4H3,(H,24,30)(H,25,28). The Kier molecular flexibility index (Phi) is 6.30. The number of hydrazone groups is 1. The average molecular weight is 406 g/mol.